The molecule has 1 N–H and O–H groups in total. The van der Waals surface area contributed by atoms with Gasteiger partial charge in [-0.25, -0.2) is 4.79 Å². The zero-order valence-corrected chi connectivity index (χ0v) is 18.7. The van der Waals surface area contributed by atoms with Crippen LogP contribution in [0.2, 0.25) is 0 Å². The Balaban J connectivity index is 0.000000152. The number of fused-ring (bicyclic) bond motifs is 2. The van der Waals surface area contributed by atoms with Gasteiger partial charge in [-0.2, -0.15) is 5.06 Å². The molecule has 1 aromatic carbocycles. The molecule has 1 atom stereocenters. The average Bonchev–Trinajstić information content (AvgIpc) is 2.95. The lowest BCUT2D eigenvalue weighted by molar-refractivity contribution is -0.140. The molecule has 3 heterocycles. The number of likely N-dealkylation sites (tertiary alicyclic amines) is 1. The van der Waals surface area contributed by atoms with Crippen molar-refractivity contribution in [2.75, 3.05) is 32.7 Å². The van der Waals surface area contributed by atoms with Crippen molar-refractivity contribution >= 4 is 12.4 Å². The molecule has 7 heteroatoms. The van der Waals surface area contributed by atoms with Gasteiger partial charge >= 0.3 is 6.03 Å². The Morgan fingerprint density at radius 2 is 2.00 bits per heavy atom. The molecule has 2 bridgehead atoms. The maximum atomic E-state index is 11.9. The van der Waals surface area contributed by atoms with Crippen LogP contribution in [0.5, 0.6) is 0 Å². The molecule has 0 unspecified atom stereocenters. The van der Waals surface area contributed by atoms with Crippen LogP contribution in [0.1, 0.15) is 51.0 Å². The summed E-state index contributed by atoms with van der Waals surface area (Å²) < 4.78 is 0. The minimum absolute atomic E-state index is 0.0310. The van der Waals surface area contributed by atoms with Crippen LogP contribution < -0.4 is 5.32 Å². The third-order valence-corrected chi connectivity index (χ3v) is 7.01. The number of benzene rings is 1. The third-order valence-electron chi connectivity index (χ3n) is 7.01. The normalized spacial score (nSPS) is 24.3. The first-order valence-corrected chi connectivity index (χ1v) is 11.8. The number of hydrogen-bond donors (Lipinski definition) is 1. The van der Waals surface area contributed by atoms with Gasteiger partial charge in [0, 0.05) is 32.2 Å². The van der Waals surface area contributed by atoms with E-state index >= 15 is 0 Å². The van der Waals surface area contributed by atoms with Crippen LogP contribution >= 0.6 is 0 Å². The number of nitrogens with zero attached hydrogens (tertiary/aromatic N) is 3. The maximum absolute atomic E-state index is 11.9. The van der Waals surface area contributed by atoms with Crippen LogP contribution in [-0.4, -0.2) is 72.1 Å². The molecule has 4 aliphatic rings. The number of urea groups is 1. The van der Waals surface area contributed by atoms with Crippen molar-refractivity contribution in [1.82, 2.24) is 20.2 Å². The van der Waals surface area contributed by atoms with Crippen molar-refractivity contribution in [2.45, 2.75) is 64.1 Å². The van der Waals surface area contributed by atoms with Crippen LogP contribution in [-0.2, 0) is 16.2 Å². The van der Waals surface area contributed by atoms with Crippen molar-refractivity contribution in [2.24, 2.45) is 5.41 Å². The zero-order valence-electron chi connectivity index (χ0n) is 18.7. The van der Waals surface area contributed by atoms with Crippen LogP contribution in [0.15, 0.2) is 30.3 Å². The van der Waals surface area contributed by atoms with Gasteiger partial charge in [0.05, 0.1) is 6.04 Å². The van der Waals surface area contributed by atoms with Gasteiger partial charge in [0.2, 0.25) is 6.41 Å². The molecule has 5 rings (SSSR count). The Hall–Kier alpha value is -2.12. The van der Waals surface area contributed by atoms with Crippen molar-refractivity contribution in [3.8, 4) is 0 Å². The first kappa shape index (κ1) is 22.1. The van der Waals surface area contributed by atoms with Crippen molar-refractivity contribution in [3.63, 3.8) is 0 Å². The van der Waals surface area contributed by atoms with Gasteiger partial charge in [-0.05, 0) is 49.6 Å². The molecule has 1 aromatic rings. The summed E-state index contributed by atoms with van der Waals surface area (Å²) in [6, 6.07) is 10.7. The molecule has 1 spiro atoms. The van der Waals surface area contributed by atoms with E-state index in [1.54, 1.807) is 5.06 Å². The summed E-state index contributed by atoms with van der Waals surface area (Å²) >= 11 is 0. The SMILES string of the molecule is CCCCN1CC2(CC(NC=O)C2)C1.O=C1N2CCC[C@H](C2)N1OCc1ccccc1. The summed E-state index contributed by atoms with van der Waals surface area (Å²) in [5.74, 6) is 0. The van der Waals surface area contributed by atoms with Crippen molar-refractivity contribution < 1.29 is 14.4 Å². The molecular weight excluding hydrogens is 392 g/mol. The number of rotatable bonds is 8. The standard InChI is InChI=1S/C13H16N2O2.C11H20N2O/c16-13-14-8-4-7-12(9-14)15(13)17-10-11-5-2-1-3-6-11;1-2-3-4-13-7-11(8-13)5-10(6-11)12-9-14/h1-3,5-6,12H,4,7-10H2;9-10H,2-8H2,1H3,(H,12,14)/t12-;/m1./s1. The van der Waals surface area contributed by atoms with Gasteiger partial charge < -0.3 is 15.1 Å². The van der Waals surface area contributed by atoms with Crippen LogP contribution in [0, 0.1) is 5.41 Å². The van der Waals surface area contributed by atoms with Gasteiger partial charge in [-0.1, -0.05) is 43.7 Å². The zero-order chi connectivity index (χ0) is 21.7. The molecule has 3 aliphatic heterocycles. The molecular formula is C24H36N4O3. The van der Waals surface area contributed by atoms with Gasteiger partial charge in [-0.3, -0.25) is 9.63 Å². The lowest BCUT2D eigenvalue weighted by Crippen LogP contribution is -2.65. The average molecular weight is 429 g/mol. The van der Waals surface area contributed by atoms with E-state index in [-0.39, 0.29) is 12.1 Å². The van der Waals surface area contributed by atoms with E-state index in [0.29, 0.717) is 18.1 Å². The van der Waals surface area contributed by atoms with E-state index in [1.165, 1.54) is 45.3 Å². The van der Waals surface area contributed by atoms with Gasteiger partial charge in [0.1, 0.15) is 6.61 Å². The van der Waals surface area contributed by atoms with E-state index in [0.717, 1.165) is 37.9 Å². The minimum atomic E-state index is 0.0310. The molecule has 7 nitrogen and oxygen atoms in total. The summed E-state index contributed by atoms with van der Waals surface area (Å²) in [5, 5.41) is 4.43. The van der Waals surface area contributed by atoms with Crippen LogP contribution in [0.25, 0.3) is 0 Å². The molecule has 170 valence electrons. The first-order valence-electron chi connectivity index (χ1n) is 11.8. The van der Waals surface area contributed by atoms with E-state index in [1.807, 2.05) is 35.2 Å². The fraction of sp³-hybridized carbons (Fsp3) is 0.667. The summed E-state index contributed by atoms with van der Waals surface area (Å²) in [4.78, 5) is 32.2. The van der Waals surface area contributed by atoms with Crippen LogP contribution in [0.4, 0.5) is 4.79 Å². The van der Waals surface area contributed by atoms with E-state index in [9.17, 15) is 9.59 Å². The monoisotopic (exact) mass is 428 g/mol. The molecule has 1 aliphatic carbocycles. The smallest absolute Gasteiger partial charge is 0.344 e. The highest BCUT2D eigenvalue weighted by Crippen LogP contribution is 2.48. The minimum Gasteiger partial charge on any atom is -0.356 e. The second-order valence-electron chi connectivity index (χ2n) is 9.56. The predicted octanol–water partition coefficient (Wildman–Crippen LogP) is 3.02. The summed E-state index contributed by atoms with van der Waals surface area (Å²) in [6.07, 6.45) is 8.00. The number of nitrogens with one attached hydrogen (secondary N) is 1. The fourth-order valence-corrected chi connectivity index (χ4v) is 5.39. The number of amides is 3. The predicted molar refractivity (Wildman–Crippen MR) is 119 cm³/mol. The third kappa shape index (κ3) is 5.21. The van der Waals surface area contributed by atoms with E-state index in [4.69, 9.17) is 4.84 Å². The fourth-order valence-electron chi connectivity index (χ4n) is 5.39. The lowest BCUT2D eigenvalue weighted by Gasteiger charge is -2.59. The maximum Gasteiger partial charge on any atom is 0.344 e. The summed E-state index contributed by atoms with van der Waals surface area (Å²) in [7, 11) is 0. The molecule has 4 fully saturated rings. The van der Waals surface area contributed by atoms with Crippen LogP contribution in [0.3, 0.4) is 0 Å². The number of hydrogen-bond acceptors (Lipinski definition) is 4. The Labute approximate surface area is 185 Å². The van der Waals surface area contributed by atoms with Gasteiger partial charge in [0.25, 0.3) is 0 Å². The molecule has 0 aromatic heterocycles. The Bertz CT molecular complexity index is 730. The Morgan fingerprint density at radius 1 is 1.23 bits per heavy atom. The topological polar surface area (TPSA) is 65.1 Å². The van der Waals surface area contributed by atoms with Gasteiger partial charge in [-0.15, -0.1) is 0 Å². The second-order valence-corrected chi connectivity index (χ2v) is 9.56. The molecule has 3 amide bonds. The molecule has 31 heavy (non-hydrogen) atoms. The Morgan fingerprint density at radius 3 is 2.68 bits per heavy atom. The number of carbonyl (C=O) groups is 2. The highest BCUT2D eigenvalue weighted by atomic mass is 16.7. The lowest BCUT2D eigenvalue weighted by atomic mass is 9.60. The highest BCUT2D eigenvalue weighted by molar-refractivity contribution is 5.76. The molecule has 1 saturated carbocycles. The second kappa shape index (κ2) is 10.0. The molecule has 3 saturated heterocycles. The largest absolute Gasteiger partial charge is 0.356 e. The number of hydroxylamine groups is 2. The first-order chi connectivity index (χ1) is 15.1. The van der Waals surface area contributed by atoms with Gasteiger partial charge in [0.15, 0.2) is 0 Å². The van der Waals surface area contributed by atoms with Crippen molar-refractivity contribution in [3.05, 3.63) is 35.9 Å². The van der Waals surface area contributed by atoms with E-state index in [2.05, 4.69) is 17.1 Å². The van der Waals surface area contributed by atoms with Crippen molar-refractivity contribution in [1.29, 1.82) is 0 Å². The quantitative estimate of drug-likeness (QED) is 0.647. The number of piperidine rings is 1. The number of unbranched alkanes of at least 4 members (excludes halogenated alkanes) is 1. The highest BCUT2D eigenvalue weighted by Gasteiger charge is 2.51. The Kier molecular flexibility index (Phi) is 7.13. The summed E-state index contributed by atoms with van der Waals surface area (Å²) in [5.41, 5.74) is 1.69. The molecule has 0 radical (unpaired) electrons. The van der Waals surface area contributed by atoms with E-state index < -0.39 is 0 Å². The number of carbonyl (C=O) groups excluding carboxylic acids is 2. The summed E-state index contributed by atoms with van der Waals surface area (Å²) in [6.45, 7) is 8.21.